The predicted molar refractivity (Wildman–Crippen MR) is 89.3 cm³/mol. The van der Waals surface area contributed by atoms with Gasteiger partial charge in [-0.3, -0.25) is 4.98 Å². The average Bonchev–Trinajstić information content (AvgIpc) is 2.58. The Morgan fingerprint density at radius 1 is 1.17 bits per heavy atom. The topological polar surface area (TPSA) is 82.8 Å². The highest BCUT2D eigenvalue weighted by Gasteiger charge is 2.38. The first-order valence-corrected chi connectivity index (χ1v) is 8.54. The Bertz CT molecular complexity index is 729. The molecule has 1 aromatic carbocycles. The summed E-state index contributed by atoms with van der Waals surface area (Å²) in [6.07, 6.45) is -0.481. The third-order valence-electron chi connectivity index (χ3n) is 3.85. The number of ether oxygens (including phenoxy) is 1. The first kappa shape index (κ1) is 17.2. The highest BCUT2D eigenvalue weighted by atomic mass is 32.2. The van der Waals surface area contributed by atoms with Crippen molar-refractivity contribution < 1.29 is 24.4 Å². The molecule has 0 radical (unpaired) electrons. The van der Waals surface area contributed by atoms with Crippen molar-refractivity contribution in [3.05, 3.63) is 48.0 Å². The molecular weight excluding hydrogens is 333 g/mol. The summed E-state index contributed by atoms with van der Waals surface area (Å²) in [6, 6.07) is 6.45. The second-order valence-electron chi connectivity index (χ2n) is 5.76. The summed E-state index contributed by atoms with van der Waals surface area (Å²) in [5.74, 6) is 0.251. The molecule has 24 heavy (non-hydrogen) atoms. The number of halogens is 1. The number of rotatable bonds is 3. The quantitative estimate of drug-likeness (QED) is 0.781. The third kappa shape index (κ3) is 3.54. The number of thioether (sulfide) groups is 1. The van der Waals surface area contributed by atoms with E-state index in [4.69, 9.17) is 4.74 Å². The number of aliphatic hydroxyl groups is 3. The average molecular weight is 351 g/mol. The number of pyridine rings is 1. The van der Waals surface area contributed by atoms with Gasteiger partial charge in [-0.05, 0) is 25.1 Å². The summed E-state index contributed by atoms with van der Waals surface area (Å²) < 4.78 is 19.7. The minimum Gasteiger partial charge on any atom is -0.475 e. The molecule has 1 aliphatic rings. The molecule has 0 amide bonds. The van der Waals surface area contributed by atoms with Crippen LogP contribution in [-0.4, -0.2) is 49.8 Å². The molecule has 1 aromatic heterocycles. The lowest BCUT2D eigenvalue weighted by atomic mass is 10.0. The maximum atomic E-state index is 14.0. The third-order valence-corrected chi connectivity index (χ3v) is 5.09. The Kier molecular flexibility index (Phi) is 5.05. The van der Waals surface area contributed by atoms with Crippen molar-refractivity contribution in [2.24, 2.45) is 0 Å². The molecule has 0 spiro atoms. The number of aliphatic hydroxyl groups excluding tert-OH is 3. The van der Waals surface area contributed by atoms with Gasteiger partial charge in [-0.15, -0.1) is 11.8 Å². The van der Waals surface area contributed by atoms with E-state index in [9.17, 15) is 19.7 Å². The van der Waals surface area contributed by atoms with Crippen LogP contribution in [-0.2, 0) is 0 Å². The standard InChI is InChI=1S/C17H18FNO4S/c1-9-2-3-13(18)12(4-9)10-5-11(7-19-6-10)23-17-16(22)15(21)14(20)8-24-17/h2-7,14-17,20-22H,8H2,1H3/t14-,15+,16-,17+/m1/s1. The van der Waals surface area contributed by atoms with Gasteiger partial charge in [0.15, 0.2) is 5.44 Å². The Morgan fingerprint density at radius 2 is 1.96 bits per heavy atom. The van der Waals surface area contributed by atoms with E-state index < -0.39 is 23.7 Å². The molecule has 4 atom stereocenters. The first-order chi connectivity index (χ1) is 11.5. The zero-order valence-corrected chi connectivity index (χ0v) is 13.8. The van der Waals surface area contributed by atoms with Gasteiger partial charge in [0.1, 0.15) is 23.8 Å². The Balaban J connectivity index is 1.82. The van der Waals surface area contributed by atoms with Crippen molar-refractivity contribution >= 4 is 11.8 Å². The molecule has 5 nitrogen and oxygen atoms in total. The summed E-state index contributed by atoms with van der Waals surface area (Å²) >= 11 is 1.20. The van der Waals surface area contributed by atoms with Crippen molar-refractivity contribution in [3.8, 4) is 16.9 Å². The van der Waals surface area contributed by atoms with Crippen LogP contribution in [0, 0.1) is 12.7 Å². The molecule has 3 N–H and O–H groups in total. The van der Waals surface area contributed by atoms with E-state index in [-0.39, 0.29) is 11.6 Å². The zero-order valence-electron chi connectivity index (χ0n) is 13.0. The van der Waals surface area contributed by atoms with Crippen molar-refractivity contribution in [1.82, 2.24) is 4.98 Å². The van der Waals surface area contributed by atoms with Gasteiger partial charge < -0.3 is 20.1 Å². The molecule has 0 aliphatic carbocycles. The zero-order chi connectivity index (χ0) is 17.3. The van der Waals surface area contributed by atoms with Gasteiger partial charge in [-0.1, -0.05) is 11.6 Å². The summed E-state index contributed by atoms with van der Waals surface area (Å²) in [7, 11) is 0. The van der Waals surface area contributed by atoms with Crippen LogP contribution < -0.4 is 4.74 Å². The SMILES string of the molecule is Cc1ccc(F)c(-c2cncc(O[C@H]3SC[C@@H](O)[C@H](O)[C@H]3O)c2)c1. The smallest absolute Gasteiger partial charge is 0.173 e. The van der Waals surface area contributed by atoms with E-state index in [1.54, 1.807) is 18.2 Å². The van der Waals surface area contributed by atoms with Crippen molar-refractivity contribution in [1.29, 1.82) is 0 Å². The second-order valence-corrected chi connectivity index (χ2v) is 6.89. The Labute approximate surface area is 143 Å². The lowest BCUT2D eigenvalue weighted by Gasteiger charge is -2.34. The van der Waals surface area contributed by atoms with E-state index >= 15 is 0 Å². The monoisotopic (exact) mass is 351 g/mol. The van der Waals surface area contributed by atoms with Gasteiger partial charge in [0, 0.05) is 23.1 Å². The number of nitrogens with zero attached hydrogens (tertiary/aromatic N) is 1. The molecular formula is C17H18FNO4S. The van der Waals surface area contributed by atoms with Gasteiger partial charge in [0.05, 0.1) is 12.3 Å². The minimum absolute atomic E-state index is 0.253. The molecule has 0 unspecified atom stereocenters. The molecule has 128 valence electrons. The number of aryl methyl sites for hydroxylation is 1. The number of hydrogen-bond donors (Lipinski definition) is 3. The predicted octanol–water partition coefficient (Wildman–Crippen LogP) is 1.73. The van der Waals surface area contributed by atoms with Crippen LogP contribution in [0.5, 0.6) is 5.75 Å². The fourth-order valence-electron chi connectivity index (χ4n) is 2.51. The molecule has 1 saturated heterocycles. The van der Waals surface area contributed by atoms with Gasteiger partial charge in [-0.25, -0.2) is 4.39 Å². The van der Waals surface area contributed by atoms with Crippen LogP contribution >= 0.6 is 11.8 Å². The van der Waals surface area contributed by atoms with Crippen molar-refractivity contribution in [2.45, 2.75) is 30.7 Å². The number of hydrogen-bond acceptors (Lipinski definition) is 6. The van der Waals surface area contributed by atoms with Gasteiger partial charge in [0.2, 0.25) is 0 Å². The normalized spacial score (nSPS) is 27.0. The van der Waals surface area contributed by atoms with Crippen LogP contribution in [0.2, 0.25) is 0 Å². The van der Waals surface area contributed by atoms with E-state index in [1.807, 2.05) is 6.92 Å². The summed E-state index contributed by atoms with van der Waals surface area (Å²) in [4.78, 5) is 4.06. The largest absolute Gasteiger partial charge is 0.475 e. The fourth-order valence-corrected chi connectivity index (χ4v) is 3.63. The van der Waals surface area contributed by atoms with Crippen LogP contribution in [0.1, 0.15) is 5.56 Å². The molecule has 0 saturated carbocycles. The van der Waals surface area contributed by atoms with Gasteiger partial charge in [-0.2, -0.15) is 0 Å². The van der Waals surface area contributed by atoms with E-state index in [0.717, 1.165) is 5.56 Å². The summed E-state index contributed by atoms with van der Waals surface area (Å²) in [6.45, 7) is 1.87. The molecule has 0 bridgehead atoms. The molecule has 2 aromatic rings. The van der Waals surface area contributed by atoms with Crippen LogP contribution in [0.3, 0.4) is 0 Å². The van der Waals surface area contributed by atoms with Crippen molar-refractivity contribution in [2.75, 3.05) is 5.75 Å². The summed E-state index contributed by atoms with van der Waals surface area (Å²) in [5.41, 5.74) is 1.17. The lowest BCUT2D eigenvalue weighted by Crippen LogP contribution is -2.50. The van der Waals surface area contributed by atoms with Crippen molar-refractivity contribution in [3.63, 3.8) is 0 Å². The molecule has 3 rings (SSSR count). The molecule has 1 aliphatic heterocycles. The minimum atomic E-state index is -1.26. The van der Waals surface area contributed by atoms with Gasteiger partial charge >= 0.3 is 0 Å². The Hall–Kier alpha value is -1.67. The molecule has 2 heterocycles. The highest BCUT2D eigenvalue weighted by molar-refractivity contribution is 7.99. The van der Waals surface area contributed by atoms with Crippen LogP contribution in [0.15, 0.2) is 36.7 Å². The number of benzene rings is 1. The van der Waals surface area contributed by atoms with E-state index in [2.05, 4.69) is 4.98 Å². The van der Waals surface area contributed by atoms with E-state index in [1.165, 1.54) is 30.2 Å². The maximum Gasteiger partial charge on any atom is 0.173 e. The van der Waals surface area contributed by atoms with Crippen LogP contribution in [0.25, 0.3) is 11.1 Å². The van der Waals surface area contributed by atoms with Crippen LogP contribution in [0.4, 0.5) is 4.39 Å². The first-order valence-electron chi connectivity index (χ1n) is 7.50. The maximum absolute atomic E-state index is 14.0. The Morgan fingerprint density at radius 3 is 2.75 bits per heavy atom. The molecule has 7 heteroatoms. The lowest BCUT2D eigenvalue weighted by molar-refractivity contribution is -0.0786. The molecule has 1 fully saturated rings. The highest BCUT2D eigenvalue weighted by Crippen LogP contribution is 2.31. The number of aromatic nitrogens is 1. The van der Waals surface area contributed by atoms with E-state index in [0.29, 0.717) is 16.9 Å². The second kappa shape index (κ2) is 7.06. The summed E-state index contributed by atoms with van der Waals surface area (Å²) in [5, 5.41) is 29.3. The van der Waals surface area contributed by atoms with Gasteiger partial charge in [0.25, 0.3) is 0 Å². The fraction of sp³-hybridized carbons (Fsp3) is 0.353.